The summed E-state index contributed by atoms with van der Waals surface area (Å²) in [4.78, 5) is 12.5. The van der Waals surface area contributed by atoms with Crippen molar-refractivity contribution in [2.75, 3.05) is 6.26 Å². The molecule has 0 N–H and O–H groups in total. The molecule has 0 aliphatic carbocycles. The average Bonchev–Trinajstić information content (AvgIpc) is 2.27. The molecule has 0 radical (unpaired) electrons. The summed E-state index contributed by atoms with van der Waals surface area (Å²) >= 11 is 1.42. The number of alkyl halides is 3. The Morgan fingerprint density at radius 3 is 2.53 bits per heavy atom. The molecule has 0 fully saturated rings. The molecule has 5 heteroatoms. The second-order valence-electron chi connectivity index (χ2n) is 3.59. The van der Waals surface area contributed by atoms with E-state index in [0.29, 0.717) is 5.56 Å². The number of Topliss-reactive ketones (excluding diaryl/α,β-unsaturated/α-hetero) is 1. The van der Waals surface area contributed by atoms with Crippen LogP contribution in [0.4, 0.5) is 13.2 Å². The van der Waals surface area contributed by atoms with Crippen LogP contribution < -0.4 is 0 Å². The second-order valence-corrected chi connectivity index (χ2v) is 4.44. The van der Waals surface area contributed by atoms with Gasteiger partial charge in [-0.3, -0.25) is 4.79 Å². The molecule has 94 valence electrons. The Balaban J connectivity index is 2.58. The van der Waals surface area contributed by atoms with Crippen molar-refractivity contribution in [3.8, 4) is 0 Å². The zero-order valence-electron chi connectivity index (χ0n) is 9.38. The van der Waals surface area contributed by atoms with Gasteiger partial charge in [-0.2, -0.15) is 13.2 Å². The largest absolute Gasteiger partial charge is 0.389 e. The van der Waals surface area contributed by atoms with E-state index in [-0.39, 0.29) is 18.6 Å². The fraction of sp³-hybridized carbons (Fsp3) is 0.417. The monoisotopic (exact) mass is 262 g/mol. The number of carbonyl (C=O) groups is 1. The number of rotatable bonds is 5. The van der Waals surface area contributed by atoms with Crippen molar-refractivity contribution < 1.29 is 18.0 Å². The van der Waals surface area contributed by atoms with Crippen LogP contribution in [0.1, 0.15) is 29.6 Å². The first-order valence-electron chi connectivity index (χ1n) is 5.17. The first kappa shape index (κ1) is 14.1. The predicted octanol–water partition coefficient (Wildman–Crippen LogP) is 4.32. The molecule has 1 nitrogen and oxygen atoms in total. The first-order chi connectivity index (χ1) is 7.94. The van der Waals surface area contributed by atoms with Crippen LogP contribution in [0.25, 0.3) is 0 Å². The first-order valence-corrected chi connectivity index (χ1v) is 6.39. The molecule has 0 aromatic heterocycles. The Morgan fingerprint density at radius 1 is 1.29 bits per heavy atom. The highest BCUT2D eigenvalue weighted by atomic mass is 32.2. The number of hydrogen-bond donors (Lipinski definition) is 0. The summed E-state index contributed by atoms with van der Waals surface area (Å²) < 4.78 is 35.8. The van der Waals surface area contributed by atoms with Crippen molar-refractivity contribution in [3.05, 3.63) is 29.8 Å². The lowest BCUT2D eigenvalue weighted by Gasteiger charge is -2.07. The van der Waals surface area contributed by atoms with E-state index in [9.17, 15) is 18.0 Å². The Morgan fingerprint density at radius 2 is 1.94 bits per heavy atom. The fourth-order valence-corrected chi connectivity index (χ4v) is 2.08. The van der Waals surface area contributed by atoms with Gasteiger partial charge in [-0.05, 0) is 18.7 Å². The third-order valence-corrected chi connectivity index (χ3v) is 3.07. The molecule has 0 unspecified atom stereocenters. The number of ketones is 1. The predicted molar refractivity (Wildman–Crippen MR) is 62.5 cm³/mol. The van der Waals surface area contributed by atoms with E-state index in [1.54, 1.807) is 24.3 Å². The molecule has 0 saturated heterocycles. The van der Waals surface area contributed by atoms with Gasteiger partial charge in [-0.1, -0.05) is 18.2 Å². The van der Waals surface area contributed by atoms with Gasteiger partial charge in [0.2, 0.25) is 0 Å². The number of hydrogen-bond acceptors (Lipinski definition) is 2. The van der Waals surface area contributed by atoms with Gasteiger partial charge in [0, 0.05) is 23.3 Å². The van der Waals surface area contributed by atoms with Gasteiger partial charge in [0.1, 0.15) is 0 Å². The topological polar surface area (TPSA) is 17.1 Å². The van der Waals surface area contributed by atoms with Crippen molar-refractivity contribution in [2.45, 2.75) is 30.3 Å². The zero-order valence-corrected chi connectivity index (χ0v) is 10.2. The van der Waals surface area contributed by atoms with Crippen molar-refractivity contribution >= 4 is 17.5 Å². The highest BCUT2D eigenvalue weighted by Crippen LogP contribution is 2.25. The highest BCUT2D eigenvalue weighted by Gasteiger charge is 2.26. The Kier molecular flexibility index (Phi) is 5.05. The molecule has 0 heterocycles. The Bertz CT molecular complexity index is 388. The third kappa shape index (κ3) is 4.81. The average molecular weight is 262 g/mol. The maximum absolute atomic E-state index is 11.9. The van der Waals surface area contributed by atoms with E-state index in [4.69, 9.17) is 0 Å². The molecule has 0 bridgehead atoms. The normalized spacial score (nSPS) is 11.5. The fourth-order valence-electron chi connectivity index (χ4n) is 1.46. The van der Waals surface area contributed by atoms with E-state index in [2.05, 4.69) is 0 Å². The summed E-state index contributed by atoms with van der Waals surface area (Å²) in [5.41, 5.74) is 0.516. The molecule has 0 saturated carbocycles. The van der Waals surface area contributed by atoms with Crippen molar-refractivity contribution in [1.82, 2.24) is 0 Å². The van der Waals surface area contributed by atoms with Crippen molar-refractivity contribution in [1.29, 1.82) is 0 Å². The van der Waals surface area contributed by atoms with Gasteiger partial charge in [-0.25, -0.2) is 0 Å². The van der Waals surface area contributed by atoms with E-state index >= 15 is 0 Å². The van der Waals surface area contributed by atoms with Crippen LogP contribution in [-0.4, -0.2) is 18.2 Å². The van der Waals surface area contributed by atoms with Gasteiger partial charge in [0.05, 0.1) is 0 Å². The standard InChI is InChI=1S/C12H13F3OS/c1-17-11-7-3-2-5-9(11)10(16)6-4-8-12(13,14)15/h2-3,5,7H,4,6,8H2,1H3. The lowest BCUT2D eigenvalue weighted by atomic mass is 10.1. The van der Waals surface area contributed by atoms with Crippen LogP contribution >= 0.6 is 11.8 Å². The maximum Gasteiger partial charge on any atom is 0.389 e. The van der Waals surface area contributed by atoms with E-state index in [1.165, 1.54) is 11.8 Å². The van der Waals surface area contributed by atoms with Crippen LogP contribution in [0.3, 0.4) is 0 Å². The van der Waals surface area contributed by atoms with E-state index in [1.807, 2.05) is 6.26 Å². The van der Waals surface area contributed by atoms with Gasteiger partial charge < -0.3 is 0 Å². The van der Waals surface area contributed by atoms with Gasteiger partial charge in [0.25, 0.3) is 0 Å². The molecule has 0 amide bonds. The van der Waals surface area contributed by atoms with E-state index in [0.717, 1.165) is 4.90 Å². The van der Waals surface area contributed by atoms with Crippen LogP contribution in [0.15, 0.2) is 29.2 Å². The molecular weight excluding hydrogens is 249 g/mol. The molecule has 17 heavy (non-hydrogen) atoms. The SMILES string of the molecule is CSc1ccccc1C(=O)CCCC(F)(F)F. The number of benzene rings is 1. The maximum atomic E-state index is 11.9. The summed E-state index contributed by atoms with van der Waals surface area (Å²) in [6.07, 6.45) is -3.45. The Labute approximate surface area is 102 Å². The summed E-state index contributed by atoms with van der Waals surface area (Å²) in [5, 5.41) is 0. The minimum absolute atomic E-state index is 0.0584. The second kappa shape index (κ2) is 6.10. The molecule has 1 rings (SSSR count). The van der Waals surface area contributed by atoms with Gasteiger partial charge >= 0.3 is 6.18 Å². The minimum Gasteiger partial charge on any atom is -0.294 e. The summed E-state index contributed by atoms with van der Waals surface area (Å²) in [7, 11) is 0. The number of halogens is 3. The van der Waals surface area contributed by atoms with Crippen molar-refractivity contribution in [3.63, 3.8) is 0 Å². The number of thioether (sulfide) groups is 1. The minimum atomic E-state index is -4.18. The van der Waals surface area contributed by atoms with Crippen LogP contribution in [-0.2, 0) is 0 Å². The summed E-state index contributed by atoms with van der Waals surface area (Å²) in [5.74, 6) is -0.223. The van der Waals surface area contributed by atoms with Crippen LogP contribution in [0.2, 0.25) is 0 Å². The highest BCUT2D eigenvalue weighted by molar-refractivity contribution is 7.98. The molecule has 0 aliphatic rings. The smallest absolute Gasteiger partial charge is 0.294 e. The molecule has 1 aromatic carbocycles. The molecule has 0 spiro atoms. The van der Waals surface area contributed by atoms with E-state index < -0.39 is 12.6 Å². The van der Waals surface area contributed by atoms with Gasteiger partial charge in [0.15, 0.2) is 5.78 Å². The lowest BCUT2D eigenvalue weighted by Crippen LogP contribution is -2.09. The molecule has 0 aliphatic heterocycles. The van der Waals surface area contributed by atoms with Crippen LogP contribution in [0.5, 0.6) is 0 Å². The summed E-state index contributed by atoms with van der Waals surface area (Å²) in [6.45, 7) is 0. The number of carbonyl (C=O) groups excluding carboxylic acids is 1. The molecule has 1 aromatic rings. The molecule has 0 atom stereocenters. The van der Waals surface area contributed by atoms with Crippen LogP contribution in [0, 0.1) is 0 Å². The third-order valence-electron chi connectivity index (χ3n) is 2.27. The molecular formula is C12H13F3OS. The lowest BCUT2D eigenvalue weighted by molar-refractivity contribution is -0.135. The van der Waals surface area contributed by atoms with Crippen molar-refractivity contribution in [2.24, 2.45) is 0 Å². The quantitative estimate of drug-likeness (QED) is 0.580. The van der Waals surface area contributed by atoms with Gasteiger partial charge in [-0.15, -0.1) is 11.8 Å². The Hall–Kier alpha value is -0.970. The summed E-state index contributed by atoms with van der Waals surface area (Å²) in [6, 6.07) is 6.97. The zero-order chi connectivity index (χ0) is 12.9.